The van der Waals surface area contributed by atoms with Gasteiger partial charge in [0.15, 0.2) is 0 Å². The van der Waals surface area contributed by atoms with E-state index in [-0.39, 0.29) is 5.91 Å². The van der Waals surface area contributed by atoms with Crippen molar-refractivity contribution in [2.75, 3.05) is 26.5 Å². The third-order valence-corrected chi connectivity index (χ3v) is 4.59. The average molecular weight is 357 g/mol. The van der Waals surface area contributed by atoms with Gasteiger partial charge >= 0.3 is 0 Å². The molecule has 0 aliphatic carbocycles. The van der Waals surface area contributed by atoms with Crippen LogP contribution in [-0.2, 0) is 4.79 Å². The third-order valence-electron chi connectivity index (χ3n) is 3.49. The van der Waals surface area contributed by atoms with Crippen molar-refractivity contribution < 1.29 is 14.3 Å². The van der Waals surface area contributed by atoms with E-state index in [9.17, 15) is 4.79 Å². The second-order valence-corrected chi connectivity index (χ2v) is 6.42. The van der Waals surface area contributed by atoms with Gasteiger partial charge in [-0.25, -0.2) is 0 Å². The number of thioether (sulfide) groups is 1. The SMILES string of the molecule is COc1ccc(/C=C/C(=O)NCCCSc2ccccc2)c(OC)c1. The summed E-state index contributed by atoms with van der Waals surface area (Å²) in [5.74, 6) is 2.25. The van der Waals surface area contributed by atoms with Gasteiger partial charge in [0, 0.05) is 29.1 Å². The molecule has 0 bridgehead atoms. The molecule has 2 aromatic carbocycles. The lowest BCUT2D eigenvalue weighted by Gasteiger charge is -2.07. The maximum absolute atomic E-state index is 11.9. The summed E-state index contributed by atoms with van der Waals surface area (Å²) in [6.45, 7) is 0.656. The summed E-state index contributed by atoms with van der Waals surface area (Å²) in [7, 11) is 3.20. The zero-order chi connectivity index (χ0) is 17.9. The molecule has 0 heterocycles. The van der Waals surface area contributed by atoms with Crippen LogP contribution in [0, 0.1) is 0 Å². The summed E-state index contributed by atoms with van der Waals surface area (Å²) >= 11 is 1.79. The highest BCUT2D eigenvalue weighted by Gasteiger charge is 2.03. The minimum Gasteiger partial charge on any atom is -0.497 e. The number of benzene rings is 2. The average Bonchev–Trinajstić information content (AvgIpc) is 2.66. The molecule has 2 aromatic rings. The summed E-state index contributed by atoms with van der Waals surface area (Å²) in [6, 6.07) is 15.7. The molecule has 0 saturated heterocycles. The van der Waals surface area contributed by atoms with Crippen molar-refractivity contribution >= 4 is 23.7 Å². The van der Waals surface area contributed by atoms with Crippen molar-refractivity contribution in [3.8, 4) is 11.5 Å². The number of nitrogens with one attached hydrogen (secondary N) is 1. The smallest absolute Gasteiger partial charge is 0.244 e. The van der Waals surface area contributed by atoms with Gasteiger partial charge in [0.2, 0.25) is 5.91 Å². The van der Waals surface area contributed by atoms with Crippen molar-refractivity contribution in [2.24, 2.45) is 0 Å². The molecule has 1 N–H and O–H groups in total. The van der Waals surface area contributed by atoms with Gasteiger partial charge in [-0.1, -0.05) is 18.2 Å². The van der Waals surface area contributed by atoms with Crippen molar-refractivity contribution in [3.05, 3.63) is 60.2 Å². The van der Waals surface area contributed by atoms with Gasteiger partial charge in [-0.3, -0.25) is 4.79 Å². The molecule has 5 heteroatoms. The quantitative estimate of drug-likeness (QED) is 0.418. The Morgan fingerprint density at radius 2 is 1.92 bits per heavy atom. The molecule has 0 spiro atoms. The lowest BCUT2D eigenvalue weighted by Crippen LogP contribution is -2.22. The van der Waals surface area contributed by atoms with Crippen LogP contribution in [0.25, 0.3) is 6.08 Å². The first-order chi connectivity index (χ1) is 12.2. The van der Waals surface area contributed by atoms with E-state index in [2.05, 4.69) is 17.4 Å². The number of ether oxygens (including phenoxy) is 2. The number of carbonyl (C=O) groups excluding carboxylic acids is 1. The number of hydrogen-bond donors (Lipinski definition) is 1. The van der Waals surface area contributed by atoms with Crippen LogP contribution in [0.5, 0.6) is 11.5 Å². The van der Waals surface area contributed by atoms with Crippen molar-refractivity contribution in [1.82, 2.24) is 5.32 Å². The first kappa shape index (κ1) is 18.9. The molecule has 0 aliphatic heterocycles. The lowest BCUT2D eigenvalue weighted by molar-refractivity contribution is -0.116. The molecule has 0 unspecified atom stereocenters. The highest BCUT2D eigenvalue weighted by Crippen LogP contribution is 2.25. The Kier molecular flexibility index (Phi) is 7.92. The first-order valence-electron chi connectivity index (χ1n) is 8.08. The zero-order valence-electron chi connectivity index (χ0n) is 14.5. The van der Waals surface area contributed by atoms with Gasteiger partial charge in [0.25, 0.3) is 0 Å². The van der Waals surface area contributed by atoms with Crippen LogP contribution in [-0.4, -0.2) is 32.4 Å². The van der Waals surface area contributed by atoms with Crippen molar-refractivity contribution in [2.45, 2.75) is 11.3 Å². The molecule has 0 fully saturated rings. The first-order valence-corrected chi connectivity index (χ1v) is 9.07. The maximum Gasteiger partial charge on any atom is 0.244 e. The molecule has 1 amide bonds. The molecule has 0 atom stereocenters. The molecule has 4 nitrogen and oxygen atoms in total. The van der Waals surface area contributed by atoms with Crippen molar-refractivity contribution in [1.29, 1.82) is 0 Å². The van der Waals surface area contributed by atoms with Gasteiger partial charge in [-0.05, 0) is 42.5 Å². The Labute approximate surface area is 153 Å². The Bertz CT molecular complexity index is 701. The van der Waals surface area contributed by atoms with Crippen LogP contribution in [0.15, 0.2) is 59.5 Å². The van der Waals surface area contributed by atoms with Gasteiger partial charge in [0.05, 0.1) is 14.2 Å². The van der Waals surface area contributed by atoms with E-state index in [4.69, 9.17) is 9.47 Å². The second-order valence-electron chi connectivity index (χ2n) is 5.25. The van der Waals surface area contributed by atoms with Gasteiger partial charge in [-0.2, -0.15) is 0 Å². The Hall–Kier alpha value is -2.40. The van der Waals surface area contributed by atoms with Crippen LogP contribution in [0.1, 0.15) is 12.0 Å². The summed E-state index contributed by atoms with van der Waals surface area (Å²) in [6.07, 6.45) is 4.19. The fourth-order valence-electron chi connectivity index (χ4n) is 2.17. The number of methoxy groups -OCH3 is 2. The molecular formula is C20H23NO3S. The van der Waals surface area contributed by atoms with Gasteiger partial charge < -0.3 is 14.8 Å². The summed E-state index contributed by atoms with van der Waals surface area (Å²) in [5, 5.41) is 2.89. The Balaban J connectivity index is 1.73. The highest BCUT2D eigenvalue weighted by atomic mass is 32.2. The topological polar surface area (TPSA) is 47.6 Å². The van der Waals surface area contributed by atoms with Gasteiger partial charge in [0.1, 0.15) is 11.5 Å². The second kappa shape index (κ2) is 10.5. The van der Waals surface area contributed by atoms with E-state index < -0.39 is 0 Å². The van der Waals surface area contributed by atoms with Crippen molar-refractivity contribution in [3.63, 3.8) is 0 Å². The molecule has 132 valence electrons. The molecule has 0 aliphatic rings. The molecule has 0 radical (unpaired) electrons. The fraction of sp³-hybridized carbons (Fsp3) is 0.250. The number of hydrogen-bond acceptors (Lipinski definition) is 4. The van der Waals surface area contributed by atoms with Gasteiger partial charge in [-0.15, -0.1) is 11.8 Å². The predicted octanol–water partition coefficient (Wildman–Crippen LogP) is 4.02. The van der Waals surface area contributed by atoms with Crippen LogP contribution < -0.4 is 14.8 Å². The minimum atomic E-state index is -0.109. The fourth-order valence-corrected chi connectivity index (χ4v) is 3.04. The summed E-state index contributed by atoms with van der Waals surface area (Å²) in [5.41, 5.74) is 0.832. The van der Waals surface area contributed by atoms with Crippen LogP contribution in [0.3, 0.4) is 0 Å². The number of carbonyl (C=O) groups is 1. The predicted molar refractivity (Wildman–Crippen MR) is 103 cm³/mol. The summed E-state index contributed by atoms with van der Waals surface area (Å²) < 4.78 is 10.5. The molecule has 0 saturated carbocycles. The standard InChI is InChI=1S/C20H23NO3S/c1-23-17-11-9-16(19(15-17)24-2)10-12-20(22)21-13-6-14-25-18-7-4-3-5-8-18/h3-5,7-12,15H,6,13-14H2,1-2H3,(H,21,22)/b12-10+. The van der Waals surface area contributed by atoms with E-state index in [0.29, 0.717) is 12.3 Å². The minimum absolute atomic E-state index is 0.109. The summed E-state index contributed by atoms with van der Waals surface area (Å²) in [4.78, 5) is 13.2. The molecular weight excluding hydrogens is 334 g/mol. The highest BCUT2D eigenvalue weighted by molar-refractivity contribution is 7.99. The lowest BCUT2D eigenvalue weighted by atomic mass is 10.1. The molecule has 25 heavy (non-hydrogen) atoms. The number of rotatable bonds is 9. The van der Waals surface area contributed by atoms with Crippen LogP contribution >= 0.6 is 11.8 Å². The Morgan fingerprint density at radius 1 is 1.12 bits per heavy atom. The molecule has 2 rings (SSSR count). The van der Waals surface area contributed by atoms with Crippen LogP contribution in [0.4, 0.5) is 0 Å². The van der Waals surface area contributed by atoms with E-state index in [1.807, 2.05) is 30.3 Å². The molecule has 0 aromatic heterocycles. The van der Waals surface area contributed by atoms with E-state index in [0.717, 1.165) is 23.5 Å². The van der Waals surface area contributed by atoms with E-state index in [1.54, 1.807) is 38.1 Å². The largest absolute Gasteiger partial charge is 0.497 e. The maximum atomic E-state index is 11.9. The third kappa shape index (κ3) is 6.55. The number of amides is 1. The van der Waals surface area contributed by atoms with E-state index in [1.165, 1.54) is 11.0 Å². The zero-order valence-corrected chi connectivity index (χ0v) is 15.3. The van der Waals surface area contributed by atoms with Crippen LogP contribution in [0.2, 0.25) is 0 Å². The monoisotopic (exact) mass is 357 g/mol. The van der Waals surface area contributed by atoms with E-state index >= 15 is 0 Å². The Morgan fingerprint density at radius 3 is 2.64 bits per heavy atom. The normalized spacial score (nSPS) is 10.6.